The Morgan fingerprint density at radius 2 is 1.76 bits per heavy atom. The molecule has 5 nitrogen and oxygen atoms in total. The maximum atomic E-state index is 13.1. The van der Waals surface area contributed by atoms with E-state index in [2.05, 4.69) is 26.9 Å². The van der Waals surface area contributed by atoms with Crippen molar-refractivity contribution in [3.8, 4) is 0 Å². The van der Waals surface area contributed by atoms with Crippen LogP contribution < -0.4 is 10.2 Å². The molecule has 2 heterocycles. The molecule has 5 rings (SSSR count). The fourth-order valence-corrected chi connectivity index (χ4v) is 3.76. The molecule has 6 heteroatoms. The van der Waals surface area contributed by atoms with E-state index in [1.165, 1.54) is 30.0 Å². The standard InChI is InChI=1S/C23H19FN4O/c24-17-8-6-16(7-9-17)23(29)25-18-10-11-21-20(14-18)26-22-15-27(12-13-28(21)22)19-4-2-1-3-5-19/h1-11,14H,12-13,15H2,(H,25,29). The summed E-state index contributed by atoms with van der Waals surface area (Å²) in [5.74, 6) is 0.372. The SMILES string of the molecule is O=C(Nc1ccc2c(c1)nc1n2CCN(c2ccccc2)C1)c1ccc(F)cc1. The number of hydrogen-bond acceptors (Lipinski definition) is 3. The van der Waals surface area contributed by atoms with Gasteiger partial charge in [-0.15, -0.1) is 0 Å². The molecule has 0 radical (unpaired) electrons. The molecule has 1 aromatic heterocycles. The number of hydrogen-bond donors (Lipinski definition) is 1. The lowest BCUT2D eigenvalue weighted by Gasteiger charge is -2.29. The van der Waals surface area contributed by atoms with E-state index in [4.69, 9.17) is 4.98 Å². The van der Waals surface area contributed by atoms with Crippen LogP contribution in [0.3, 0.4) is 0 Å². The molecule has 0 bridgehead atoms. The molecule has 29 heavy (non-hydrogen) atoms. The maximum absolute atomic E-state index is 13.1. The van der Waals surface area contributed by atoms with E-state index in [0.29, 0.717) is 11.3 Å². The Labute approximate surface area is 167 Å². The van der Waals surface area contributed by atoms with Crippen LogP contribution in [-0.4, -0.2) is 22.0 Å². The van der Waals surface area contributed by atoms with Crippen LogP contribution in [0.4, 0.5) is 15.8 Å². The number of benzene rings is 3. The quantitative estimate of drug-likeness (QED) is 0.566. The van der Waals surface area contributed by atoms with Crippen molar-refractivity contribution in [3.05, 3.63) is 90.0 Å². The molecule has 3 aromatic carbocycles. The zero-order valence-electron chi connectivity index (χ0n) is 15.7. The van der Waals surface area contributed by atoms with Crippen molar-refractivity contribution in [1.82, 2.24) is 9.55 Å². The summed E-state index contributed by atoms with van der Waals surface area (Å²) in [5, 5.41) is 2.86. The molecule has 1 aliphatic heterocycles. The van der Waals surface area contributed by atoms with Gasteiger partial charge in [-0.3, -0.25) is 4.79 Å². The topological polar surface area (TPSA) is 50.2 Å². The third-order valence-corrected chi connectivity index (χ3v) is 5.24. The van der Waals surface area contributed by atoms with E-state index < -0.39 is 0 Å². The molecule has 4 aromatic rings. The Balaban J connectivity index is 1.39. The van der Waals surface area contributed by atoms with Gasteiger partial charge in [-0.05, 0) is 54.6 Å². The minimum absolute atomic E-state index is 0.274. The number of nitrogens with zero attached hydrogens (tertiary/aromatic N) is 3. The number of fused-ring (bicyclic) bond motifs is 3. The highest BCUT2D eigenvalue weighted by atomic mass is 19.1. The average molecular weight is 386 g/mol. The molecule has 0 saturated heterocycles. The van der Waals surface area contributed by atoms with Crippen LogP contribution >= 0.6 is 0 Å². The first-order chi connectivity index (χ1) is 14.2. The molecule has 0 atom stereocenters. The number of nitrogens with one attached hydrogen (secondary N) is 1. The zero-order chi connectivity index (χ0) is 19.8. The number of amides is 1. The van der Waals surface area contributed by atoms with E-state index in [9.17, 15) is 9.18 Å². The maximum Gasteiger partial charge on any atom is 0.255 e. The van der Waals surface area contributed by atoms with E-state index in [1.807, 2.05) is 36.4 Å². The third-order valence-electron chi connectivity index (χ3n) is 5.24. The van der Waals surface area contributed by atoms with Gasteiger partial charge in [0.15, 0.2) is 0 Å². The third kappa shape index (κ3) is 3.33. The Kier molecular flexibility index (Phi) is 4.24. The van der Waals surface area contributed by atoms with Gasteiger partial charge in [-0.1, -0.05) is 18.2 Å². The molecular weight excluding hydrogens is 367 g/mol. The minimum atomic E-state index is -0.365. The summed E-state index contributed by atoms with van der Waals surface area (Å²) in [7, 11) is 0. The largest absolute Gasteiger partial charge is 0.362 e. The van der Waals surface area contributed by atoms with Gasteiger partial charge in [-0.2, -0.15) is 0 Å². The lowest BCUT2D eigenvalue weighted by Crippen LogP contribution is -2.33. The number of rotatable bonds is 3. The fourth-order valence-electron chi connectivity index (χ4n) is 3.76. The van der Waals surface area contributed by atoms with Gasteiger partial charge in [-0.25, -0.2) is 9.37 Å². The van der Waals surface area contributed by atoms with Crippen molar-refractivity contribution >= 4 is 28.3 Å². The van der Waals surface area contributed by atoms with E-state index in [1.54, 1.807) is 0 Å². The Bertz CT molecular complexity index is 1180. The van der Waals surface area contributed by atoms with E-state index in [0.717, 1.165) is 36.5 Å². The van der Waals surface area contributed by atoms with E-state index in [-0.39, 0.29) is 11.7 Å². The highest BCUT2D eigenvalue weighted by Crippen LogP contribution is 2.26. The molecule has 144 valence electrons. The van der Waals surface area contributed by atoms with Crippen molar-refractivity contribution in [2.24, 2.45) is 0 Å². The Hall–Kier alpha value is -3.67. The van der Waals surface area contributed by atoms with Crippen molar-refractivity contribution in [3.63, 3.8) is 0 Å². The first kappa shape index (κ1) is 17.4. The van der Waals surface area contributed by atoms with Gasteiger partial charge >= 0.3 is 0 Å². The lowest BCUT2D eigenvalue weighted by atomic mass is 10.2. The average Bonchev–Trinajstić information content (AvgIpc) is 3.11. The predicted octanol–water partition coefficient (Wildman–Crippen LogP) is 4.45. The zero-order valence-corrected chi connectivity index (χ0v) is 15.7. The molecule has 0 saturated carbocycles. The summed E-state index contributed by atoms with van der Waals surface area (Å²) in [5.41, 5.74) is 4.19. The molecule has 0 fully saturated rings. The molecule has 1 aliphatic rings. The van der Waals surface area contributed by atoms with Crippen LogP contribution in [0.1, 0.15) is 16.2 Å². The smallest absolute Gasteiger partial charge is 0.255 e. The van der Waals surface area contributed by atoms with Crippen LogP contribution in [0.5, 0.6) is 0 Å². The molecule has 0 aliphatic carbocycles. The van der Waals surface area contributed by atoms with Crippen molar-refractivity contribution in [1.29, 1.82) is 0 Å². The number of halogens is 1. The number of aromatic nitrogens is 2. The second-order valence-electron chi connectivity index (χ2n) is 7.10. The Morgan fingerprint density at radius 3 is 2.55 bits per heavy atom. The first-order valence-electron chi connectivity index (χ1n) is 9.53. The Morgan fingerprint density at radius 1 is 0.966 bits per heavy atom. The van der Waals surface area contributed by atoms with Gasteiger partial charge in [0, 0.05) is 30.0 Å². The summed E-state index contributed by atoms with van der Waals surface area (Å²) in [4.78, 5) is 19.5. The molecular formula is C23H19FN4O. The second-order valence-corrected chi connectivity index (χ2v) is 7.10. The summed E-state index contributed by atoms with van der Waals surface area (Å²) in [6.45, 7) is 2.53. The number of anilines is 2. The van der Waals surface area contributed by atoms with Gasteiger partial charge in [0.05, 0.1) is 17.6 Å². The van der Waals surface area contributed by atoms with Crippen LogP contribution in [-0.2, 0) is 13.1 Å². The van der Waals surface area contributed by atoms with Gasteiger partial charge < -0.3 is 14.8 Å². The summed E-state index contributed by atoms with van der Waals surface area (Å²) < 4.78 is 15.3. The van der Waals surface area contributed by atoms with Crippen LogP contribution in [0, 0.1) is 5.82 Å². The minimum Gasteiger partial charge on any atom is -0.362 e. The van der Waals surface area contributed by atoms with Gasteiger partial charge in [0.25, 0.3) is 5.91 Å². The van der Waals surface area contributed by atoms with E-state index >= 15 is 0 Å². The highest BCUT2D eigenvalue weighted by molar-refractivity contribution is 6.04. The van der Waals surface area contributed by atoms with Gasteiger partial charge in [0.2, 0.25) is 0 Å². The highest BCUT2D eigenvalue weighted by Gasteiger charge is 2.20. The second kappa shape index (κ2) is 7.05. The molecule has 1 amide bonds. The van der Waals surface area contributed by atoms with Crippen molar-refractivity contribution in [2.75, 3.05) is 16.8 Å². The van der Waals surface area contributed by atoms with Crippen LogP contribution in [0.25, 0.3) is 11.0 Å². The summed E-state index contributed by atoms with van der Waals surface area (Å²) in [6.07, 6.45) is 0. The van der Waals surface area contributed by atoms with Crippen LogP contribution in [0.15, 0.2) is 72.8 Å². The van der Waals surface area contributed by atoms with Crippen molar-refractivity contribution in [2.45, 2.75) is 13.1 Å². The van der Waals surface area contributed by atoms with Gasteiger partial charge in [0.1, 0.15) is 11.6 Å². The lowest BCUT2D eigenvalue weighted by molar-refractivity contribution is 0.102. The first-order valence-corrected chi connectivity index (χ1v) is 9.53. The molecule has 0 unspecified atom stereocenters. The molecule has 1 N–H and O–H groups in total. The monoisotopic (exact) mass is 386 g/mol. The summed E-state index contributed by atoms with van der Waals surface area (Å²) in [6, 6.07) is 21.6. The summed E-state index contributed by atoms with van der Waals surface area (Å²) >= 11 is 0. The van der Waals surface area contributed by atoms with Crippen molar-refractivity contribution < 1.29 is 9.18 Å². The normalized spacial score (nSPS) is 13.3. The number of carbonyl (C=O) groups excluding carboxylic acids is 1. The van der Waals surface area contributed by atoms with Crippen LogP contribution in [0.2, 0.25) is 0 Å². The molecule has 0 spiro atoms. The predicted molar refractivity (Wildman–Crippen MR) is 112 cm³/mol. The number of para-hydroxylation sites is 1. The number of carbonyl (C=O) groups is 1. The number of imidazole rings is 1. The fraction of sp³-hybridized carbons (Fsp3) is 0.130.